The number of nitrogens with one attached hydrogen (secondary N) is 1. The molecule has 7 nitrogen and oxygen atoms in total. The fourth-order valence-corrected chi connectivity index (χ4v) is 3.59. The lowest BCUT2D eigenvalue weighted by Gasteiger charge is -2.23. The summed E-state index contributed by atoms with van der Waals surface area (Å²) in [6, 6.07) is 2.71. The SMILES string of the molecule is COc1cc(OC)c(F)c(-c2cc3cnc(N[C@H]4CCCOC4)nc3c(Cl)n2)c1F. The first kappa shape index (κ1) is 20.5. The second-order valence-electron chi connectivity index (χ2n) is 6.77. The summed E-state index contributed by atoms with van der Waals surface area (Å²) in [6.45, 7) is 1.32. The van der Waals surface area contributed by atoms with Crippen molar-refractivity contribution in [2.75, 3.05) is 32.8 Å². The van der Waals surface area contributed by atoms with Crippen molar-refractivity contribution in [3.63, 3.8) is 0 Å². The van der Waals surface area contributed by atoms with Gasteiger partial charge in [-0.15, -0.1) is 0 Å². The number of fused-ring (bicyclic) bond motifs is 1. The van der Waals surface area contributed by atoms with E-state index >= 15 is 0 Å². The van der Waals surface area contributed by atoms with Gasteiger partial charge in [0.1, 0.15) is 5.52 Å². The van der Waals surface area contributed by atoms with Gasteiger partial charge in [0.25, 0.3) is 0 Å². The molecule has 3 aromatic rings. The van der Waals surface area contributed by atoms with E-state index in [0.717, 1.165) is 25.5 Å². The molecule has 1 aliphatic heterocycles. The molecule has 0 radical (unpaired) electrons. The van der Waals surface area contributed by atoms with Crippen LogP contribution < -0.4 is 14.8 Å². The number of hydrogen-bond acceptors (Lipinski definition) is 7. The van der Waals surface area contributed by atoms with Crippen LogP contribution in [0.2, 0.25) is 5.15 Å². The van der Waals surface area contributed by atoms with E-state index in [9.17, 15) is 8.78 Å². The molecule has 0 amide bonds. The Kier molecular flexibility index (Phi) is 5.83. The van der Waals surface area contributed by atoms with Gasteiger partial charge in [-0.3, -0.25) is 0 Å². The smallest absolute Gasteiger partial charge is 0.223 e. The van der Waals surface area contributed by atoms with Gasteiger partial charge in [0.05, 0.1) is 38.1 Å². The van der Waals surface area contributed by atoms with Gasteiger partial charge >= 0.3 is 0 Å². The third-order valence-electron chi connectivity index (χ3n) is 4.85. The van der Waals surface area contributed by atoms with Crippen LogP contribution >= 0.6 is 11.6 Å². The van der Waals surface area contributed by atoms with Crippen molar-refractivity contribution in [1.29, 1.82) is 0 Å². The van der Waals surface area contributed by atoms with Crippen LogP contribution in [0.25, 0.3) is 22.2 Å². The highest BCUT2D eigenvalue weighted by atomic mass is 35.5. The standard InChI is InChI=1S/C20H19ClF2N4O3/c1-28-13-7-14(29-2)17(23)15(16(13)22)12-6-10-8-24-20(27-18(10)19(21)26-12)25-11-4-3-5-30-9-11/h6-8,11H,3-5,9H2,1-2H3,(H,24,25,27)/t11-/m0/s1. The van der Waals surface area contributed by atoms with Crippen molar-refractivity contribution in [2.45, 2.75) is 18.9 Å². The van der Waals surface area contributed by atoms with Crippen molar-refractivity contribution in [3.05, 3.63) is 35.1 Å². The third kappa shape index (κ3) is 3.82. The number of benzene rings is 1. The molecule has 1 atom stereocenters. The minimum Gasteiger partial charge on any atom is -0.494 e. The summed E-state index contributed by atoms with van der Waals surface area (Å²) >= 11 is 6.32. The first-order valence-electron chi connectivity index (χ1n) is 9.29. The van der Waals surface area contributed by atoms with E-state index in [1.807, 2.05) is 0 Å². The van der Waals surface area contributed by atoms with Crippen LogP contribution in [0.4, 0.5) is 14.7 Å². The van der Waals surface area contributed by atoms with Crippen LogP contribution in [0.3, 0.4) is 0 Å². The number of halogens is 3. The molecule has 1 aromatic carbocycles. The van der Waals surface area contributed by atoms with Crippen molar-refractivity contribution in [1.82, 2.24) is 15.0 Å². The van der Waals surface area contributed by atoms with Crippen molar-refractivity contribution >= 4 is 28.5 Å². The van der Waals surface area contributed by atoms with Crippen LogP contribution in [0.15, 0.2) is 18.3 Å². The predicted octanol–water partition coefficient (Wildman–Crippen LogP) is 4.23. The largest absolute Gasteiger partial charge is 0.494 e. The second kappa shape index (κ2) is 8.53. The monoisotopic (exact) mass is 436 g/mol. The lowest BCUT2D eigenvalue weighted by atomic mass is 10.1. The molecule has 10 heteroatoms. The van der Waals surface area contributed by atoms with Gasteiger partial charge in [-0.05, 0) is 18.9 Å². The van der Waals surface area contributed by atoms with Crippen LogP contribution in [0.5, 0.6) is 11.5 Å². The van der Waals surface area contributed by atoms with Crippen LogP contribution in [0.1, 0.15) is 12.8 Å². The van der Waals surface area contributed by atoms with Gasteiger partial charge in [-0.25, -0.2) is 23.7 Å². The molecule has 0 spiro atoms. The van der Waals surface area contributed by atoms with E-state index in [4.69, 9.17) is 25.8 Å². The minimum absolute atomic E-state index is 0.00608. The number of aromatic nitrogens is 3. The molecular formula is C20H19ClF2N4O3. The summed E-state index contributed by atoms with van der Waals surface area (Å²) in [5.41, 5.74) is -0.0634. The molecule has 3 heterocycles. The maximum absolute atomic E-state index is 14.8. The average molecular weight is 437 g/mol. The van der Waals surface area contributed by atoms with Gasteiger partial charge in [0.2, 0.25) is 5.95 Å². The van der Waals surface area contributed by atoms with E-state index in [0.29, 0.717) is 23.5 Å². The van der Waals surface area contributed by atoms with Crippen LogP contribution in [-0.4, -0.2) is 48.4 Å². The number of hydrogen-bond donors (Lipinski definition) is 1. The zero-order chi connectivity index (χ0) is 21.3. The summed E-state index contributed by atoms with van der Waals surface area (Å²) < 4.78 is 45.1. The fourth-order valence-electron chi connectivity index (χ4n) is 3.35. The zero-order valence-corrected chi connectivity index (χ0v) is 17.1. The molecule has 2 aromatic heterocycles. The first-order valence-corrected chi connectivity index (χ1v) is 9.67. The molecular weight excluding hydrogens is 418 g/mol. The first-order chi connectivity index (χ1) is 14.5. The molecule has 158 valence electrons. The van der Waals surface area contributed by atoms with Crippen molar-refractivity contribution in [2.24, 2.45) is 0 Å². The lowest BCUT2D eigenvalue weighted by Crippen LogP contribution is -2.30. The second-order valence-corrected chi connectivity index (χ2v) is 7.13. The topological polar surface area (TPSA) is 78.4 Å². The Hall–Kier alpha value is -2.78. The maximum Gasteiger partial charge on any atom is 0.223 e. The number of anilines is 1. The molecule has 1 saturated heterocycles. The van der Waals surface area contributed by atoms with Gasteiger partial charge in [0.15, 0.2) is 28.3 Å². The Bertz CT molecular complexity index is 1070. The molecule has 0 unspecified atom stereocenters. The molecule has 1 aliphatic rings. The third-order valence-corrected chi connectivity index (χ3v) is 5.11. The van der Waals surface area contributed by atoms with E-state index in [-0.39, 0.29) is 28.4 Å². The van der Waals surface area contributed by atoms with Gasteiger partial charge in [-0.2, -0.15) is 0 Å². The summed E-state index contributed by atoms with van der Waals surface area (Å²) in [6.07, 6.45) is 3.43. The lowest BCUT2D eigenvalue weighted by molar-refractivity contribution is 0.0874. The van der Waals surface area contributed by atoms with Crippen LogP contribution in [-0.2, 0) is 4.74 Å². The summed E-state index contributed by atoms with van der Waals surface area (Å²) in [7, 11) is 2.56. The van der Waals surface area contributed by atoms with Gasteiger partial charge < -0.3 is 19.5 Å². The summed E-state index contributed by atoms with van der Waals surface area (Å²) in [5.74, 6) is -1.78. The van der Waals surface area contributed by atoms with E-state index in [1.54, 1.807) is 0 Å². The van der Waals surface area contributed by atoms with Gasteiger partial charge in [-0.1, -0.05) is 11.6 Å². The Labute approximate surface area is 176 Å². The molecule has 30 heavy (non-hydrogen) atoms. The highest BCUT2D eigenvalue weighted by molar-refractivity contribution is 6.34. The number of rotatable bonds is 5. The number of methoxy groups -OCH3 is 2. The molecule has 0 aliphatic carbocycles. The van der Waals surface area contributed by atoms with Crippen molar-refractivity contribution < 1.29 is 23.0 Å². The van der Waals surface area contributed by atoms with Crippen molar-refractivity contribution in [3.8, 4) is 22.8 Å². The Balaban J connectivity index is 1.76. The number of ether oxygens (including phenoxy) is 3. The molecule has 1 N–H and O–H groups in total. The zero-order valence-electron chi connectivity index (χ0n) is 16.3. The maximum atomic E-state index is 14.8. The van der Waals surface area contributed by atoms with Crippen LogP contribution in [0, 0.1) is 11.6 Å². The highest BCUT2D eigenvalue weighted by Gasteiger charge is 2.24. The average Bonchev–Trinajstić information content (AvgIpc) is 2.75. The number of nitrogens with zero attached hydrogens (tertiary/aromatic N) is 3. The predicted molar refractivity (Wildman–Crippen MR) is 108 cm³/mol. The fraction of sp³-hybridized carbons (Fsp3) is 0.350. The number of pyridine rings is 1. The highest BCUT2D eigenvalue weighted by Crippen LogP contribution is 2.38. The van der Waals surface area contributed by atoms with E-state index in [1.165, 1.54) is 26.5 Å². The quantitative estimate of drug-likeness (QED) is 0.599. The van der Waals surface area contributed by atoms with E-state index in [2.05, 4.69) is 20.3 Å². The van der Waals surface area contributed by atoms with E-state index < -0.39 is 17.2 Å². The molecule has 0 saturated carbocycles. The Morgan fingerprint density at radius 3 is 2.50 bits per heavy atom. The normalized spacial score (nSPS) is 16.5. The Morgan fingerprint density at radius 1 is 1.13 bits per heavy atom. The molecule has 0 bridgehead atoms. The summed E-state index contributed by atoms with van der Waals surface area (Å²) in [4.78, 5) is 12.9. The molecule has 1 fully saturated rings. The summed E-state index contributed by atoms with van der Waals surface area (Å²) in [5, 5.41) is 3.68. The van der Waals surface area contributed by atoms with Gasteiger partial charge in [0, 0.05) is 24.3 Å². The minimum atomic E-state index is -0.907. The molecule has 4 rings (SSSR count). The Morgan fingerprint density at radius 2 is 1.87 bits per heavy atom.